The maximum atomic E-state index is 12.6. The third kappa shape index (κ3) is 2.76. The zero-order valence-corrected chi connectivity index (χ0v) is 15.6. The minimum atomic E-state index is -0.175. The van der Waals surface area contributed by atoms with E-state index < -0.39 is 0 Å². The summed E-state index contributed by atoms with van der Waals surface area (Å²) >= 11 is 1.75. The summed E-state index contributed by atoms with van der Waals surface area (Å²) in [4.78, 5) is 33.7. The second kappa shape index (κ2) is 6.55. The van der Waals surface area contributed by atoms with Crippen LogP contribution in [0.4, 0.5) is 0 Å². The van der Waals surface area contributed by atoms with Crippen molar-refractivity contribution < 1.29 is 9.59 Å². The zero-order valence-electron chi connectivity index (χ0n) is 14.8. The Labute approximate surface area is 161 Å². The fourth-order valence-corrected chi connectivity index (χ4v) is 5.21. The highest BCUT2D eigenvalue weighted by Gasteiger charge is 2.36. The molecule has 0 radical (unpaired) electrons. The first-order valence-corrected chi connectivity index (χ1v) is 10.1. The molecule has 0 aliphatic carbocycles. The highest BCUT2D eigenvalue weighted by molar-refractivity contribution is 7.18. The predicted octanol–water partition coefficient (Wildman–Crippen LogP) is 3.73. The van der Waals surface area contributed by atoms with Crippen molar-refractivity contribution in [2.24, 2.45) is 0 Å². The van der Waals surface area contributed by atoms with E-state index in [0.717, 1.165) is 29.9 Å². The number of hydrogen-bond acceptors (Lipinski definition) is 5. The standard InChI is InChI=1S/C21H19N3O2S/c25-20-14-6-1-2-7-15(14)21(26)24(20)13-12-23-11-5-9-17(23)19-22-16-8-3-4-10-18(16)27-19/h1-4,6-8,10,17H,5,9,11-13H2/t17-/m0/s1. The Morgan fingerprint density at radius 1 is 0.963 bits per heavy atom. The van der Waals surface area contributed by atoms with Crippen molar-refractivity contribution in [3.8, 4) is 0 Å². The van der Waals surface area contributed by atoms with E-state index in [-0.39, 0.29) is 17.9 Å². The molecule has 5 nitrogen and oxygen atoms in total. The number of amides is 2. The molecular formula is C21H19N3O2S. The van der Waals surface area contributed by atoms with Crippen molar-refractivity contribution in [2.45, 2.75) is 18.9 Å². The Morgan fingerprint density at radius 2 is 1.67 bits per heavy atom. The number of carbonyl (C=O) groups is 2. The first-order valence-electron chi connectivity index (χ1n) is 9.27. The van der Waals surface area contributed by atoms with E-state index in [4.69, 9.17) is 4.98 Å². The van der Waals surface area contributed by atoms with Gasteiger partial charge in [0, 0.05) is 13.1 Å². The molecule has 2 amide bonds. The number of likely N-dealkylation sites (tertiary alicyclic amines) is 1. The highest BCUT2D eigenvalue weighted by Crippen LogP contribution is 2.36. The van der Waals surface area contributed by atoms with Crippen molar-refractivity contribution in [3.05, 3.63) is 64.7 Å². The van der Waals surface area contributed by atoms with Crippen LogP contribution in [0.5, 0.6) is 0 Å². The van der Waals surface area contributed by atoms with Crippen LogP contribution < -0.4 is 0 Å². The molecule has 0 saturated carbocycles. The molecule has 3 aromatic rings. The molecule has 0 unspecified atom stereocenters. The van der Waals surface area contributed by atoms with Gasteiger partial charge in [-0.25, -0.2) is 4.98 Å². The maximum Gasteiger partial charge on any atom is 0.261 e. The summed E-state index contributed by atoms with van der Waals surface area (Å²) in [6, 6.07) is 15.6. The molecule has 2 aromatic carbocycles. The van der Waals surface area contributed by atoms with Crippen molar-refractivity contribution >= 4 is 33.4 Å². The van der Waals surface area contributed by atoms with Crippen LogP contribution in [0.15, 0.2) is 48.5 Å². The number of para-hydroxylation sites is 1. The van der Waals surface area contributed by atoms with Crippen LogP contribution in [0, 0.1) is 0 Å². The van der Waals surface area contributed by atoms with Crippen molar-refractivity contribution in [2.75, 3.05) is 19.6 Å². The minimum absolute atomic E-state index is 0.175. The van der Waals surface area contributed by atoms with Gasteiger partial charge in [0.25, 0.3) is 11.8 Å². The molecule has 1 saturated heterocycles. The molecule has 0 bridgehead atoms. The summed E-state index contributed by atoms with van der Waals surface area (Å²) in [5, 5.41) is 1.14. The average Bonchev–Trinajstić information content (AvgIpc) is 3.38. The number of thiazole rings is 1. The number of aromatic nitrogens is 1. The van der Waals surface area contributed by atoms with Crippen LogP contribution in [0.2, 0.25) is 0 Å². The Morgan fingerprint density at radius 3 is 2.41 bits per heavy atom. The van der Waals surface area contributed by atoms with Gasteiger partial charge in [-0.05, 0) is 43.7 Å². The second-order valence-electron chi connectivity index (χ2n) is 7.02. The quantitative estimate of drug-likeness (QED) is 0.650. The van der Waals surface area contributed by atoms with Crippen LogP contribution in [0.1, 0.15) is 44.6 Å². The van der Waals surface area contributed by atoms with Crippen molar-refractivity contribution in [1.29, 1.82) is 0 Å². The first-order chi connectivity index (χ1) is 13.2. The van der Waals surface area contributed by atoms with E-state index in [1.165, 1.54) is 9.60 Å². The van der Waals surface area contributed by atoms with Crippen molar-refractivity contribution in [1.82, 2.24) is 14.8 Å². The molecular weight excluding hydrogens is 358 g/mol. The summed E-state index contributed by atoms with van der Waals surface area (Å²) in [6.45, 7) is 2.09. The summed E-state index contributed by atoms with van der Waals surface area (Å²) < 4.78 is 1.21. The number of nitrogens with zero attached hydrogens (tertiary/aromatic N) is 3. The number of fused-ring (bicyclic) bond motifs is 2. The van der Waals surface area contributed by atoms with Crippen LogP contribution in [0.25, 0.3) is 10.2 Å². The molecule has 1 aromatic heterocycles. The normalized spacial score (nSPS) is 20.0. The molecule has 3 heterocycles. The third-order valence-corrected chi connectivity index (χ3v) is 6.59. The zero-order chi connectivity index (χ0) is 18.4. The number of imide groups is 1. The van der Waals surface area contributed by atoms with E-state index in [2.05, 4.69) is 11.0 Å². The van der Waals surface area contributed by atoms with Gasteiger partial charge >= 0.3 is 0 Å². The number of carbonyl (C=O) groups excluding carboxylic acids is 2. The molecule has 0 N–H and O–H groups in total. The Hall–Kier alpha value is -2.57. The lowest BCUT2D eigenvalue weighted by atomic mass is 10.1. The molecule has 136 valence electrons. The fourth-order valence-electron chi connectivity index (χ4n) is 4.08. The summed E-state index contributed by atoms with van der Waals surface area (Å²) in [6.07, 6.45) is 2.19. The lowest BCUT2D eigenvalue weighted by Gasteiger charge is -2.25. The van der Waals surface area contributed by atoms with E-state index in [9.17, 15) is 9.59 Å². The van der Waals surface area contributed by atoms with E-state index in [1.807, 2.05) is 18.2 Å². The minimum Gasteiger partial charge on any atom is -0.292 e. The molecule has 1 fully saturated rings. The maximum absolute atomic E-state index is 12.6. The van der Waals surface area contributed by atoms with Gasteiger partial charge in [0.05, 0.1) is 27.4 Å². The molecule has 5 rings (SSSR count). The third-order valence-electron chi connectivity index (χ3n) is 5.45. The molecule has 27 heavy (non-hydrogen) atoms. The summed E-state index contributed by atoms with van der Waals surface area (Å²) in [5.41, 5.74) is 2.09. The second-order valence-corrected chi connectivity index (χ2v) is 8.08. The van der Waals surface area contributed by atoms with E-state index in [0.29, 0.717) is 24.2 Å². The molecule has 6 heteroatoms. The lowest BCUT2D eigenvalue weighted by molar-refractivity contribution is 0.0633. The molecule has 2 aliphatic heterocycles. The molecule has 2 aliphatic rings. The van der Waals surface area contributed by atoms with Crippen LogP contribution in [-0.4, -0.2) is 46.2 Å². The van der Waals surface area contributed by atoms with Gasteiger partial charge in [-0.15, -0.1) is 11.3 Å². The monoisotopic (exact) mass is 377 g/mol. The number of rotatable bonds is 4. The van der Waals surface area contributed by atoms with Gasteiger partial charge in [0.2, 0.25) is 0 Å². The number of hydrogen-bond donors (Lipinski definition) is 0. The van der Waals surface area contributed by atoms with Crippen molar-refractivity contribution in [3.63, 3.8) is 0 Å². The summed E-state index contributed by atoms with van der Waals surface area (Å²) in [5.74, 6) is -0.349. The number of benzene rings is 2. The summed E-state index contributed by atoms with van der Waals surface area (Å²) in [7, 11) is 0. The Bertz CT molecular complexity index is 977. The smallest absolute Gasteiger partial charge is 0.261 e. The van der Waals surface area contributed by atoms with E-state index >= 15 is 0 Å². The highest BCUT2D eigenvalue weighted by atomic mass is 32.1. The fraction of sp³-hybridized carbons (Fsp3) is 0.286. The van der Waals surface area contributed by atoms with Gasteiger partial charge in [0.15, 0.2) is 0 Å². The van der Waals surface area contributed by atoms with Gasteiger partial charge in [-0.2, -0.15) is 0 Å². The Balaban J connectivity index is 1.32. The molecule has 0 spiro atoms. The Kier molecular flexibility index (Phi) is 4.02. The van der Waals surface area contributed by atoms with Gasteiger partial charge in [-0.1, -0.05) is 24.3 Å². The molecule has 1 atom stereocenters. The topological polar surface area (TPSA) is 53.5 Å². The van der Waals surface area contributed by atoms with Gasteiger partial charge in [-0.3, -0.25) is 19.4 Å². The van der Waals surface area contributed by atoms with Crippen LogP contribution in [0.3, 0.4) is 0 Å². The van der Waals surface area contributed by atoms with Crippen LogP contribution in [-0.2, 0) is 0 Å². The van der Waals surface area contributed by atoms with Gasteiger partial charge in [0.1, 0.15) is 5.01 Å². The average molecular weight is 377 g/mol. The van der Waals surface area contributed by atoms with Gasteiger partial charge < -0.3 is 0 Å². The SMILES string of the molecule is O=C1c2ccccc2C(=O)N1CCN1CCC[C@H]1c1nc2ccccc2s1. The largest absolute Gasteiger partial charge is 0.292 e. The predicted molar refractivity (Wildman–Crippen MR) is 105 cm³/mol. The van der Waals surface area contributed by atoms with Crippen LogP contribution >= 0.6 is 11.3 Å². The first kappa shape index (κ1) is 16.6. The van der Waals surface area contributed by atoms with E-state index in [1.54, 1.807) is 35.6 Å². The lowest BCUT2D eigenvalue weighted by Crippen LogP contribution is -2.38.